The van der Waals surface area contributed by atoms with Crippen molar-refractivity contribution >= 4 is 34.6 Å². The van der Waals surface area contributed by atoms with Crippen LogP contribution in [0.5, 0.6) is 5.75 Å². The first-order valence-corrected chi connectivity index (χ1v) is 12.4. The summed E-state index contributed by atoms with van der Waals surface area (Å²) >= 11 is 5.35. The predicted octanol–water partition coefficient (Wildman–Crippen LogP) is 4.92. The van der Waals surface area contributed by atoms with Crippen molar-refractivity contribution in [1.82, 2.24) is 10.2 Å². The van der Waals surface area contributed by atoms with Gasteiger partial charge in [0.25, 0.3) is 5.91 Å². The highest BCUT2D eigenvalue weighted by molar-refractivity contribution is 7.80. The number of anilines is 2. The number of carbonyl (C=O) groups excluding carboxylic acids is 1. The molecule has 3 aromatic rings. The van der Waals surface area contributed by atoms with Crippen LogP contribution in [-0.2, 0) is 6.54 Å². The molecule has 0 bridgehead atoms. The molecule has 1 saturated heterocycles. The van der Waals surface area contributed by atoms with Crippen LogP contribution in [0.3, 0.4) is 0 Å². The Morgan fingerprint density at radius 1 is 0.943 bits per heavy atom. The van der Waals surface area contributed by atoms with Gasteiger partial charge in [0.2, 0.25) is 0 Å². The summed E-state index contributed by atoms with van der Waals surface area (Å²) < 4.78 is 5.66. The quantitative estimate of drug-likeness (QED) is 0.461. The van der Waals surface area contributed by atoms with Gasteiger partial charge in [-0.15, -0.1) is 0 Å². The largest absolute Gasteiger partial charge is 0.491 e. The molecular formula is C28H32N4O2S. The van der Waals surface area contributed by atoms with Crippen molar-refractivity contribution in [1.29, 1.82) is 0 Å². The molecule has 0 saturated carbocycles. The van der Waals surface area contributed by atoms with Crippen LogP contribution in [0.1, 0.15) is 29.8 Å². The van der Waals surface area contributed by atoms with Crippen LogP contribution in [0.25, 0.3) is 0 Å². The molecule has 182 valence electrons. The van der Waals surface area contributed by atoms with Gasteiger partial charge in [0.1, 0.15) is 5.75 Å². The molecule has 2 N–H and O–H groups in total. The minimum Gasteiger partial charge on any atom is -0.491 e. The van der Waals surface area contributed by atoms with Crippen LogP contribution < -0.4 is 20.3 Å². The van der Waals surface area contributed by atoms with Crippen LogP contribution >= 0.6 is 12.2 Å². The fraction of sp³-hybridized carbons (Fsp3) is 0.286. The summed E-state index contributed by atoms with van der Waals surface area (Å²) in [5.41, 5.74) is 3.87. The number of amides is 1. The number of benzene rings is 3. The lowest BCUT2D eigenvalue weighted by Gasteiger charge is -2.36. The van der Waals surface area contributed by atoms with E-state index < -0.39 is 0 Å². The second-order valence-electron chi connectivity index (χ2n) is 8.90. The van der Waals surface area contributed by atoms with E-state index in [-0.39, 0.29) is 17.1 Å². The first-order valence-electron chi connectivity index (χ1n) is 12.0. The van der Waals surface area contributed by atoms with E-state index in [1.807, 2.05) is 32.0 Å². The van der Waals surface area contributed by atoms with E-state index in [0.717, 1.165) is 38.4 Å². The maximum absolute atomic E-state index is 12.6. The van der Waals surface area contributed by atoms with Crippen molar-refractivity contribution in [2.75, 3.05) is 36.4 Å². The number of hydrogen-bond donors (Lipinski definition) is 2. The highest BCUT2D eigenvalue weighted by Gasteiger charge is 2.17. The Balaban J connectivity index is 1.25. The lowest BCUT2D eigenvalue weighted by atomic mass is 10.2. The number of nitrogens with one attached hydrogen (secondary N) is 2. The minimum absolute atomic E-state index is 0.0391. The zero-order valence-corrected chi connectivity index (χ0v) is 21.1. The van der Waals surface area contributed by atoms with Crippen LogP contribution in [0.4, 0.5) is 11.4 Å². The molecular weight excluding hydrogens is 456 g/mol. The molecule has 1 heterocycles. The monoisotopic (exact) mass is 488 g/mol. The number of thiocarbonyl (C=S) groups is 1. The maximum atomic E-state index is 12.6. The average Bonchev–Trinajstić information content (AvgIpc) is 2.85. The molecule has 6 nitrogen and oxygen atoms in total. The Labute approximate surface area is 212 Å². The topological polar surface area (TPSA) is 56.8 Å². The van der Waals surface area contributed by atoms with E-state index in [2.05, 4.69) is 62.9 Å². The maximum Gasteiger partial charge on any atom is 0.257 e. The Kier molecular flexibility index (Phi) is 8.34. The molecule has 7 heteroatoms. The van der Waals surface area contributed by atoms with Crippen molar-refractivity contribution in [3.8, 4) is 5.75 Å². The fourth-order valence-electron chi connectivity index (χ4n) is 4.08. The van der Waals surface area contributed by atoms with Gasteiger partial charge in [-0.3, -0.25) is 15.0 Å². The van der Waals surface area contributed by atoms with Crippen molar-refractivity contribution in [2.24, 2.45) is 0 Å². The van der Waals surface area contributed by atoms with Crippen molar-refractivity contribution < 1.29 is 9.53 Å². The van der Waals surface area contributed by atoms with Gasteiger partial charge in [-0.1, -0.05) is 36.4 Å². The summed E-state index contributed by atoms with van der Waals surface area (Å²) in [5.74, 6) is 0.379. The van der Waals surface area contributed by atoms with Gasteiger partial charge in [0, 0.05) is 49.7 Å². The summed E-state index contributed by atoms with van der Waals surface area (Å²) in [6.45, 7) is 8.95. The second kappa shape index (κ2) is 11.8. The van der Waals surface area contributed by atoms with E-state index in [1.54, 1.807) is 18.2 Å². The molecule has 1 fully saturated rings. The van der Waals surface area contributed by atoms with E-state index in [1.165, 1.54) is 11.3 Å². The third kappa shape index (κ3) is 7.28. The van der Waals surface area contributed by atoms with Crippen LogP contribution in [-0.4, -0.2) is 48.2 Å². The predicted molar refractivity (Wildman–Crippen MR) is 146 cm³/mol. The van der Waals surface area contributed by atoms with Gasteiger partial charge >= 0.3 is 0 Å². The molecule has 1 aliphatic heterocycles. The molecule has 35 heavy (non-hydrogen) atoms. The third-order valence-corrected chi connectivity index (χ3v) is 6.01. The first-order chi connectivity index (χ1) is 17.0. The van der Waals surface area contributed by atoms with E-state index >= 15 is 0 Å². The number of rotatable bonds is 7. The third-order valence-electron chi connectivity index (χ3n) is 5.81. The Hall–Kier alpha value is -3.42. The van der Waals surface area contributed by atoms with Crippen molar-refractivity contribution in [2.45, 2.75) is 26.5 Å². The standard InChI is InChI=1S/C28H32N4O2S/c1-21(2)34-26-10-6-9-23(19-26)27(33)30-28(35)29-24-11-13-25(14-12-24)32-17-15-31(16-18-32)20-22-7-4-3-5-8-22/h3-14,19,21H,15-18,20H2,1-2H3,(H2,29,30,33,35). The zero-order valence-electron chi connectivity index (χ0n) is 20.2. The zero-order chi connectivity index (χ0) is 24.6. The summed E-state index contributed by atoms with van der Waals surface area (Å²) in [7, 11) is 0. The van der Waals surface area contributed by atoms with E-state index in [0.29, 0.717) is 11.3 Å². The molecule has 1 amide bonds. The van der Waals surface area contributed by atoms with Gasteiger partial charge in [0.05, 0.1) is 6.10 Å². The number of nitrogens with zero attached hydrogens (tertiary/aromatic N) is 2. The molecule has 0 atom stereocenters. The highest BCUT2D eigenvalue weighted by atomic mass is 32.1. The van der Waals surface area contributed by atoms with Gasteiger partial charge in [0.15, 0.2) is 5.11 Å². The summed E-state index contributed by atoms with van der Waals surface area (Å²) in [4.78, 5) is 17.5. The molecule has 1 aliphatic rings. The Morgan fingerprint density at radius 3 is 2.34 bits per heavy atom. The van der Waals surface area contributed by atoms with Crippen LogP contribution in [0.15, 0.2) is 78.9 Å². The van der Waals surface area contributed by atoms with Gasteiger partial charge in [-0.2, -0.15) is 0 Å². The van der Waals surface area contributed by atoms with Gasteiger partial charge in [-0.05, 0) is 74.1 Å². The number of carbonyl (C=O) groups is 1. The summed E-state index contributed by atoms with van der Waals surface area (Å²) in [5, 5.41) is 6.09. The minimum atomic E-state index is -0.276. The molecule has 0 aliphatic carbocycles. The van der Waals surface area contributed by atoms with E-state index in [9.17, 15) is 4.79 Å². The summed E-state index contributed by atoms with van der Waals surface area (Å²) in [6, 6.07) is 25.8. The fourth-order valence-corrected chi connectivity index (χ4v) is 4.29. The van der Waals surface area contributed by atoms with Crippen LogP contribution in [0.2, 0.25) is 0 Å². The number of hydrogen-bond acceptors (Lipinski definition) is 5. The summed E-state index contributed by atoms with van der Waals surface area (Å²) in [6.07, 6.45) is 0.0391. The lowest BCUT2D eigenvalue weighted by molar-refractivity contribution is 0.0977. The second-order valence-corrected chi connectivity index (χ2v) is 9.31. The number of ether oxygens (including phenoxy) is 1. The highest BCUT2D eigenvalue weighted by Crippen LogP contribution is 2.20. The SMILES string of the molecule is CC(C)Oc1cccc(C(=O)NC(=S)Nc2ccc(N3CCN(Cc4ccccc4)CC3)cc2)c1. The van der Waals surface area contributed by atoms with Gasteiger partial charge in [-0.25, -0.2) is 0 Å². The normalized spacial score (nSPS) is 14.0. The number of piperazine rings is 1. The Bertz CT molecular complexity index is 1130. The molecule has 0 unspecified atom stereocenters. The molecule has 3 aromatic carbocycles. The molecule has 4 rings (SSSR count). The molecule has 0 spiro atoms. The average molecular weight is 489 g/mol. The smallest absolute Gasteiger partial charge is 0.257 e. The molecule has 0 radical (unpaired) electrons. The molecule has 0 aromatic heterocycles. The Morgan fingerprint density at radius 2 is 1.66 bits per heavy atom. The first kappa shape index (κ1) is 24.7. The van der Waals surface area contributed by atoms with Crippen LogP contribution in [0, 0.1) is 0 Å². The van der Waals surface area contributed by atoms with Gasteiger partial charge < -0.3 is 15.0 Å². The van der Waals surface area contributed by atoms with E-state index in [4.69, 9.17) is 17.0 Å². The van der Waals surface area contributed by atoms with Crippen molar-refractivity contribution in [3.63, 3.8) is 0 Å². The lowest BCUT2D eigenvalue weighted by Crippen LogP contribution is -2.45. The van der Waals surface area contributed by atoms with Crippen molar-refractivity contribution in [3.05, 3.63) is 90.0 Å².